The lowest BCUT2D eigenvalue weighted by atomic mass is 10.1. The van der Waals surface area contributed by atoms with Crippen molar-refractivity contribution >= 4 is 0 Å². The van der Waals surface area contributed by atoms with Crippen LogP contribution in [0.1, 0.15) is 33.6 Å². The van der Waals surface area contributed by atoms with E-state index in [4.69, 9.17) is 5.11 Å². The van der Waals surface area contributed by atoms with Gasteiger partial charge in [-0.05, 0) is 31.9 Å². The molecule has 1 aliphatic rings. The highest BCUT2D eigenvalue weighted by atomic mass is 16.3. The Hall–Kier alpha value is -0.720. The summed E-state index contributed by atoms with van der Waals surface area (Å²) >= 11 is 0. The van der Waals surface area contributed by atoms with E-state index in [0.29, 0.717) is 5.76 Å². The van der Waals surface area contributed by atoms with Gasteiger partial charge in [0.05, 0.1) is 0 Å². The Morgan fingerprint density at radius 1 is 1.40 bits per heavy atom. The third kappa shape index (κ3) is 3.33. The quantitative estimate of drug-likeness (QED) is 0.548. The molecule has 1 nitrogen and oxygen atoms in total. The molecule has 1 N–H and O–H groups in total. The van der Waals surface area contributed by atoms with Crippen molar-refractivity contribution < 1.29 is 5.11 Å². The molecule has 0 amide bonds. The number of aliphatic hydroxyl groups excluding tert-OH is 1. The van der Waals surface area contributed by atoms with Crippen LogP contribution in [-0.2, 0) is 0 Å². The fraction of sp³-hybridized carbons (Fsp3) is 0.556. The minimum atomic E-state index is 0.425. The maximum absolute atomic E-state index is 8.86. The van der Waals surface area contributed by atoms with Crippen molar-refractivity contribution in [1.29, 1.82) is 0 Å². The molecular formula is C9H16O. The Morgan fingerprint density at radius 2 is 2.00 bits per heavy atom. The number of hydrogen-bond donors (Lipinski definition) is 1. The van der Waals surface area contributed by atoms with Crippen molar-refractivity contribution in [1.82, 2.24) is 0 Å². The molecule has 1 rings (SSSR count). The Morgan fingerprint density at radius 3 is 2.30 bits per heavy atom. The van der Waals surface area contributed by atoms with E-state index in [2.05, 4.69) is 0 Å². The third-order valence-corrected chi connectivity index (χ3v) is 1.29. The van der Waals surface area contributed by atoms with Gasteiger partial charge in [-0.25, -0.2) is 0 Å². The highest BCUT2D eigenvalue weighted by Gasteiger charge is 1.96. The van der Waals surface area contributed by atoms with Gasteiger partial charge in [0, 0.05) is 0 Å². The van der Waals surface area contributed by atoms with Gasteiger partial charge in [-0.2, -0.15) is 0 Å². The van der Waals surface area contributed by atoms with E-state index < -0.39 is 0 Å². The summed E-state index contributed by atoms with van der Waals surface area (Å²) in [6.45, 7) is 6.03. The van der Waals surface area contributed by atoms with Crippen LogP contribution in [0.25, 0.3) is 0 Å². The fourth-order valence-corrected chi connectivity index (χ4v) is 0.831. The van der Waals surface area contributed by atoms with Gasteiger partial charge in [-0.1, -0.05) is 19.4 Å². The Bertz CT molecular complexity index is 143. The molecule has 0 fully saturated rings. The summed E-state index contributed by atoms with van der Waals surface area (Å²) in [5.74, 6) is 0.425. The molecular weight excluding hydrogens is 124 g/mol. The molecule has 0 aliphatic heterocycles. The first-order valence-electron chi connectivity index (χ1n) is 3.85. The van der Waals surface area contributed by atoms with Crippen LogP contribution in [0.4, 0.5) is 0 Å². The smallest absolute Gasteiger partial charge is 0.111 e. The normalized spacial score (nSPS) is 16.3. The van der Waals surface area contributed by atoms with Gasteiger partial charge in [0.25, 0.3) is 0 Å². The second kappa shape index (κ2) is 5.10. The molecule has 10 heavy (non-hydrogen) atoms. The molecule has 0 unspecified atom stereocenters. The lowest BCUT2D eigenvalue weighted by molar-refractivity contribution is 0.425. The van der Waals surface area contributed by atoms with Gasteiger partial charge in [0.1, 0.15) is 5.76 Å². The summed E-state index contributed by atoms with van der Waals surface area (Å²) in [4.78, 5) is 0. The van der Waals surface area contributed by atoms with E-state index in [1.165, 1.54) is 5.57 Å². The molecule has 0 bridgehead atoms. The number of aliphatic hydroxyl groups is 1. The van der Waals surface area contributed by atoms with Gasteiger partial charge in [-0.3, -0.25) is 0 Å². The molecule has 0 aromatic heterocycles. The molecule has 0 spiro atoms. The van der Waals surface area contributed by atoms with Crippen molar-refractivity contribution in [3.8, 4) is 0 Å². The lowest BCUT2D eigenvalue weighted by Crippen LogP contribution is -1.86. The van der Waals surface area contributed by atoms with Gasteiger partial charge in [0.15, 0.2) is 0 Å². The van der Waals surface area contributed by atoms with E-state index in [-0.39, 0.29) is 0 Å². The van der Waals surface area contributed by atoms with Crippen LogP contribution in [0.5, 0.6) is 0 Å². The molecule has 0 aromatic rings. The third-order valence-electron chi connectivity index (χ3n) is 1.29. The number of hydrogen-bond acceptors (Lipinski definition) is 1. The van der Waals surface area contributed by atoms with Gasteiger partial charge in [0.2, 0.25) is 0 Å². The van der Waals surface area contributed by atoms with Crippen LogP contribution < -0.4 is 0 Å². The van der Waals surface area contributed by atoms with E-state index in [0.717, 1.165) is 12.8 Å². The number of rotatable bonds is 0. The minimum Gasteiger partial charge on any atom is -0.508 e. The predicted molar refractivity (Wildman–Crippen MR) is 45.1 cm³/mol. The maximum Gasteiger partial charge on any atom is 0.111 e. The molecule has 0 aromatic carbocycles. The highest BCUT2D eigenvalue weighted by Crippen LogP contribution is 2.13. The highest BCUT2D eigenvalue weighted by molar-refractivity contribution is 5.20. The zero-order valence-electron chi connectivity index (χ0n) is 7.02. The molecule has 1 aliphatic carbocycles. The first-order valence-corrected chi connectivity index (χ1v) is 3.85. The molecule has 0 radical (unpaired) electrons. The summed E-state index contributed by atoms with van der Waals surface area (Å²) in [5.41, 5.74) is 1.27. The topological polar surface area (TPSA) is 20.2 Å². The largest absolute Gasteiger partial charge is 0.508 e. The van der Waals surface area contributed by atoms with Crippen molar-refractivity contribution in [3.63, 3.8) is 0 Å². The summed E-state index contributed by atoms with van der Waals surface area (Å²) < 4.78 is 0. The van der Waals surface area contributed by atoms with Gasteiger partial charge < -0.3 is 5.11 Å². The van der Waals surface area contributed by atoms with Crippen LogP contribution in [0.3, 0.4) is 0 Å². The molecule has 0 heterocycles. The summed E-state index contributed by atoms with van der Waals surface area (Å²) in [6, 6.07) is 0. The maximum atomic E-state index is 8.86. The monoisotopic (exact) mass is 140 g/mol. The number of allylic oxidation sites excluding steroid dienone is 3. The Balaban J connectivity index is 0.000000371. The Labute approximate surface area is 63.1 Å². The van der Waals surface area contributed by atoms with E-state index in [9.17, 15) is 0 Å². The summed E-state index contributed by atoms with van der Waals surface area (Å²) in [6.07, 6.45) is 5.74. The molecule has 0 atom stereocenters. The van der Waals surface area contributed by atoms with Crippen LogP contribution >= 0.6 is 0 Å². The molecule has 0 saturated carbocycles. The first kappa shape index (κ1) is 9.28. The first-order chi connectivity index (χ1) is 4.79. The molecule has 58 valence electrons. The minimum absolute atomic E-state index is 0.425. The van der Waals surface area contributed by atoms with E-state index in [1.54, 1.807) is 0 Å². The second-order valence-electron chi connectivity index (χ2n) is 2.16. The van der Waals surface area contributed by atoms with Crippen molar-refractivity contribution in [2.45, 2.75) is 33.6 Å². The van der Waals surface area contributed by atoms with Gasteiger partial charge >= 0.3 is 0 Å². The van der Waals surface area contributed by atoms with E-state index in [1.807, 2.05) is 32.9 Å². The second-order valence-corrected chi connectivity index (χ2v) is 2.16. The standard InChI is InChI=1S/C7H10O.C2H6/c1-6-3-2-4-7(8)5-6;1-2/h4-5,8H,2-3H2,1H3;1-2H3. The van der Waals surface area contributed by atoms with Crippen molar-refractivity contribution in [2.24, 2.45) is 0 Å². The van der Waals surface area contributed by atoms with Crippen molar-refractivity contribution in [2.75, 3.05) is 0 Å². The molecule has 0 saturated heterocycles. The SMILES string of the molecule is CC.CC1=CC(O)=CCC1. The van der Waals surface area contributed by atoms with Gasteiger partial charge in [-0.15, -0.1) is 0 Å². The van der Waals surface area contributed by atoms with Crippen LogP contribution in [0.15, 0.2) is 23.5 Å². The van der Waals surface area contributed by atoms with Crippen molar-refractivity contribution in [3.05, 3.63) is 23.5 Å². The summed E-state index contributed by atoms with van der Waals surface area (Å²) in [7, 11) is 0. The fourth-order valence-electron chi connectivity index (χ4n) is 0.831. The zero-order valence-corrected chi connectivity index (χ0v) is 7.02. The predicted octanol–water partition coefficient (Wildman–Crippen LogP) is 3.19. The summed E-state index contributed by atoms with van der Waals surface area (Å²) in [5, 5.41) is 8.86. The van der Waals surface area contributed by atoms with Crippen LogP contribution in [0, 0.1) is 0 Å². The van der Waals surface area contributed by atoms with E-state index >= 15 is 0 Å². The van der Waals surface area contributed by atoms with Crippen LogP contribution in [0.2, 0.25) is 0 Å². The average molecular weight is 140 g/mol. The Kier molecular flexibility index (Phi) is 4.73. The lowest BCUT2D eigenvalue weighted by Gasteiger charge is -2.03. The zero-order chi connectivity index (χ0) is 7.98. The van der Waals surface area contributed by atoms with Crippen LogP contribution in [-0.4, -0.2) is 5.11 Å². The average Bonchev–Trinajstić information content (AvgIpc) is 1.91. The molecule has 1 heteroatoms.